The van der Waals surface area contributed by atoms with E-state index in [-0.39, 0.29) is 0 Å². The van der Waals surface area contributed by atoms with E-state index in [1.54, 1.807) is 0 Å². The van der Waals surface area contributed by atoms with Crippen LogP contribution in [0.5, 0.6) is 0 Å². The molecule has 7 heteroatoms. The fraction of sp³-hybridized carbons (Fsp3) is 1.00. The van der Waals surface area contributed by atoms with Gasteiger partial charge in [0.25, 0.3) is 0 Å². The minimum absolute atomic E-state index is 0.395. The summed E-state index contributed by atoms with van der Waals surface area (Å²) in [6.07, 6.45) is 1.04. The van der Waals surface area contributed by atoms with Crippen LogP contribution >= 0.6 is 0 Å². The standard InChI is InChI=1S/C13H29NO6/c1-2-3-15-4-5-16-6-7-17-8-9-18-10-11-19-12-13-20-14/h2-14H2,1H3. The first kappa shape index (κ1) is 19.7. The average Bonchev–Trinajstić information content (AvgIpc) is 2.47. The molecule has 0 bridgehead atoms. The number of hydrogen-bond acceptors (Lipinski definition) is 7. The summed E-state index contributed by atoms with van der Waals surface area (Å²) in [4.78, 5) is 4.36. The Labute approximate surface area is 121 Å². The van der Waals surface area contributed by atoms with Crippen LogP contribution in [0.4, 0.5) is 0 Å². The predicted molar refractivity (Wildman–Crippen MR) is 74.5 cm³/mol. The van der Waals surface area contributed by atoms with Crippen molar-refractivity contribution in [1.29, 1.82) is 0 Å². The molecule has 20 heavy (non-hydrogen) atoms. The topological polar surface area (TPSA) is 81.4 Å². The molecule has 0 amide bonds. The lowest BCUT2D eigenvalue weighted by atomic mass is 10.5. The van der Waals surface area contributed by atoms with E-state index in [0.717, 1.165) is 13.0 Å². The Balaban J connectivity index is 2.89. The van der Waals surface area contributed by atoms with Gasteiger partial charge in [0.2, 0.25) is 0 Å². The lowest BCUT2D eigenvalue weighted by Crippen LogP contribution is -2.14. The van der Waals surface area contributed by atoms with Gasteiger partial charge in [-0.1, -0.05) is 6.92 Å². The Kier molecular flexibility index (Phi) is 18.5. The lowest BCUT2D eigenvalue weighted by molar-refractivity contribution is -0.0168. The molecule has 0 aliphatic carbocycles. The number of ether oxygens (including phenoxy) is 5. The minimum atomic E-state index is 0.395. The summed E-state index contributed by atoms with van der Waals surface area (Å²) in [6, 6.07) is 0. The van der Waals surface area contributed by atoms with Gasteiger partial charge in [-0.2, -0.15) is 0 Å². The van der Waals surface area contributed by atoms with Crippen LogP contribution in [0.2, 0.25) is 0 Å². The van der Waals surface area contributed by atoms with Crippen LogP contribution < -0.4 is 5.90 Å². The van der Waals surface area contributed by atoms with Crippen LogP contribution in [0, 0.1) is 0 Å². The molecule has 0 atom stereocenters. The Bertz CT molecular complexity index is 155. The van der Waals surface area contributed by atoms with Crippen molar-refractivity contribution in [2.24, 2.45) is 5.90 Å². The van der Waals surface area contributed by atoms with Gasteiger partial charge in [-0.3, -0.25) is 0 Å². The van der Waals surface area contributed by atoms with Crippen molar-refractivity contribution < 1.29 is 28.5 Å². The SMILES string of the molecule is CCCOCCOCCOCCOCCOCCON. The zero-order valence-electron chi connectivity index (χ0n) is 12.5. The number of nitrogens with two attached hydrogens (primary N) is 1. The minimum Gasteiger partial charge on any atom is -0.379 e. The summed E-state index contributed by atoms with van der Waals surface area (Å²) >= 11 is 0. The van der Waals surface area contributed by atoms with Gasteiger partial charge in [0.1, 0.15) is 0 Å². The van der Waals surface area contributed by atoms with E-state index in [9.17, 15) is 0 Å². The molecule has 0 saturated carbocycles. The van der Waals surface area contributed by atoms with Gasteiger partial charge in [0.15, 0.2) is 0 Å². The molecule has 0 aromatic carbocycles. The normalized spacial score (nSPS) is 11.1. The van der Waals surface area contributed by atoms with Gasteiger partial charge < -0.3 is 28.5 Å². The van der Waals surface area contributed by atoms with Gasteiger partial charge in [0.05, 0.1) is 66.1 Å². The third-order valence-electron chi connectivity index (χ3n) is 2.18. The fourth-order valence-electron chi connectivity index (χ4n) is 1.23. The predicted octanol–water partition coefficient (Wildman–Crippen LogP) is 0.370. The van der Waals surface area contributed by atoms with E-state index in [1.807, 2.05) is 0 Å². The Hall–Kier alpha value is -0.280. The van der Waals surface area contributed by atoms with E-state index in [1.165, 1.54) is 0 Å². The molecule has 0 saturated heterocycles. The third-order valence-corrected chi connectivity index (χ3v) is 2.18. The maximum absolute atomic E-state index is 5.34. The molecule has 122 valence electrons. The smallest absolute Gasteiger partial charge is 0.0913 e. The molecule has 0 fully saturated rings. The molecule has 0 aromatic rings. The van der Waals surface area contributed by atoms with Crippen molar-refractivity contribution in [2.45, 2.75) is 13.3 Å². The van der Waals surface area contributed by atoms with Crippen LogP contribution in [-0.2, 0) is 28.5 Å². The van der Waals surface area contributed by atoms with Crippen LogP contribution in [0.1, 0.15) is 13.3 Å². The van der Waals surface area contributed by atoms with E-state index in [4.69, 9.17) is 29.6 Å². The third kappa shape index (κ3) is 17.7. The molecule has 0 spiro atoms. The van der Waals surface area contributed by atoms with Crippen molar-refractivity contribution in [3.8, 4) is 0 Å². The summed E-state index contributed by atoms with van der Waals surface area (Å²) in [5, 5.41) is 0. The first-order chi connectivity index (χ1) is 9.91. The van der Waals surface area contributed by atoms with Gasteiger partial charge >= 0.3 is 0 Å². The second-order valence-electron chi connectivity index (χ2n) is 3.93. The molecule has 0 rings (SSSR count). The first-order valence-electron chi connectivity index (χ1n) is 7.12. The number of rotatable bonds is 17. The van der Waals surface area contributed by atoms with E-state index >= 15 is 0 Å². The largest absolute Gasteiger partial charge is 0.379 e. The summed E-state index contributed by atoms with van der Waals surface area (Å²) in [5.74, 6) is 4.84. The second kappa shape index (κ2) is 18.7. The van der Waals surface area contributed by atoms with Gasteiger partial charge in [-0.15, -0.1) is 0 Å². The van der Waals surface area contributed by atoms with Gasteiger partial charge in [0, 0.05) is 6.61 Å². The van der Waals surface area contributed by atoms with Crippen LogP contribution in [0.15, 0.2) is 0 Å². The second-order valence-corrected chi connectivity index (χ2v) is 3.93. The lowest BCUT2D eigenvalue weighted by Gasteiger charge is -2.07. The molecular formula is C13H29NO6. The monoisotopic (exact) mass is 295 g/mol. The highest BCUT2D eigenvalue weighted by molar-refractivity contribution is 4.36. The summed E-state index contributed by atoms with van der Waals surface area (Å²) < 4.78 is 26.4. The van der Waals surface area contributed by atoms with Crippen molar-refractivity contribution >= 4 is 0 Å². The molecule has 0 aliphatic heterocycles. The summed E-state index contributed by atoms with van der Waals surface area (Å²) in [6.45, 7) is 8.34. The fourth-order valence-corrected chi connectivity index (χ4v) is 1.23. The Morgan fingerprint density at radius 2 is 0.800 bits per heavy atom. The van der Waals surface area contributed by atoms with Crippen molar-refractivity contribution in [2.75, 3.05) is 72.7 Å². The molecule has 7 nitrogen and oxygen atoms in total. The van der Waals surface area contributed by atoms with Crippen molar-refractivity contribution in [3.63, 3.8) is 0 Å². The molecule has 0 radical (unpaired) electrons. The molecule has 0 heterocycles. The van der Waals surface area contributed by atoms with Crippen molar-refractivity contribution in [3.05, 3.63) is 0 Å². The van der Waals surface area contributed by atoms with Crippen LogP contribution in [-0.4, -0.2) is 72.7 Å². The van der Waals surface area contributed by atoms with Crippen LogP contribution in [0.3, 0.4) is 0 Å². The average molecular weight is 295 g/mol. The zero-order chi connectivity index (χ0) is 14.7. The highest BCUT2D eigenvalue weighted by Gasteiger charge is 1.93. The van der Waals surface area contributed by atoms with Gasteiger partial charge in [-0.25, -0.2) is 5.90 Å². The van der Waals surface area contributed by atoms with Crippen molar-refractivity contribution in [1.82, 2.24) is 0 Å². The van der Waals surface area contributed by atoms with Gasteiger partial charge in [-0.05, 0) is 6.42 Å². The Morgan fingerprint density at radius 1 is 0.500 bits per heavy atom. The quantitative estimate of drug-likeness (QED) is 0.307. The molecule has 0 aromatic heterocycles. The maximum atomic E-state index is 5.34. The van der Waals surface area contributed by atoms with E-state index in [0.29, 0.717) is 66.1 Å². The zero-order valence-corrected chi connectivity index (χ0v) is 12.5. The molecule has 2 N–H and O–H groups in total. The van der Waals surface area contributed by atoms with E-state index in [2.05, 4.69) is 11.8 Å². The van der Waals surface area contributed by atoms with Crippen LogP contribution in [0.25, 0.3) is 0 Å². The first-order valence-corrected chi connectivity index (χ1v) is 7.12. The summed E-state index contributed by atoms with van der Waals surface area (Å²) in [5.41, 5.74) is 0. The highest BCUT2D eigenvalue weighted by atomic mass is 16.6. The molecule has 0 unspecified atom stereocenters. The maximum Gasteiger partial charge on any atom is 0.0913 e. The highest BCUT2D eigenvalue weighted by Crippen LogP contribution is 1.84. The van der Waals surface area contributed by atoms with E-state index < -0.39 is 0 Å². The number of hydrogen-bond donors (Lipinski definition) is 1. The Morgan fingerprint density at radius 3 is 1.10 bits per heavy atom. The molecule has 0 aliphatic rings. The summed E-state index contributed by atoms with van der Waals surface area (Å²) in [7, 11) is 0. The molecular weight excluding hydrogens is 266 g/mol.